The number of benzene rings is 3. The van der Waals surface area contributed by atoms with Crippen LogP contribution in [-0.2, 0) is 15.9 Å². The summed E-state index contributed by atoms with van der Waals surface area (Å²) in [7, 11) is 0. The van der Waals surface area contributed by atoms with E-state index >= 15 is 0 Å². The lowest BCUT2D eigenvalue weighted by Gasteiger charge is -2.27. The summed E-state index contributed by atoms with van der Waals surface area (Å²) >= 11 is 0. The molecule has 6 rings (SSSR count). The Morgan fingerprint density at radius 1 is 0.561 bits per heavy atom. The van der Waals surface area contributed by atoms with Gasteiger partial charge in [-0.25, -0.2) is 15.0 Å². The minimum Gasteiger partial charge on any atom is -0.378 e. The zero-order chi connectivity index (χ0) is 27.7. The molecule has 0 spiro atoms. The van der Waals surface area contributed by atoms with Gasteiger partial charge in [0.2, 0.25) is 0 Å². The molecule has 0 aliphatic carbocycles. The molecule has 0 N–H and O–H groups in total. The van der Waals surface area contributed by atoms with Gasteiger partial charge in [-0.05, 0) is 16.7 Å². The van der Waals surface area contributed by atoms with E-state index in [0.717, 1.165) is 59.8 Å². The molecule has 0 unspecified atom stereocenters. The van der Waals surface area contributed by atoms with Gasteiger partial charge in [0.15, 0.2) is 11.6 Å². The molecule has 208 valence electrons. The zero-order valence-corrected chi connectivity index (χ0v) is 23.2. The van der Waals surface area contributed by atoms with Crippen molar-refractivity contribution >= 4 is 11.1 Å². The van der Waals surface area contributed by atoms with Gasteiger partial charge in [0.1, 0.15) is 5.82 Å². The van der Waals surface area contributed by atoms with E-state index in [1.54, 1.807) is 0 Å². The highest BCUT2D eigenvalue weighted by Crippen LogP contribution is 2.27. The molecule has 7 nitrogen and oxygen atoms in total. The number of ether oxygens (including phenoxy) is 2. The SMILES string of the molecule is C(=C(/c1ccccc1)c1nc(Cc2ccccc2)nc(/C(=C/N2CCOCC2)c2ccccc2)n1)/N1CCOCC1. The van der Waals surface area contributed by atoms with Crippen molar-refractivity contribution in [2.45, 2.75) is 6.42 Å². The first-order valence-electron chi connectivity index (χ1n) is 14.3. The Bertz CT molecular complexity index is 1370. The Balaban J connectivity index is 1.51. The first-order chi connectivity index (χ1) is 20.3. The van der Waals surface area contributed by atoms with E-state index in [2.05, 4.69) is 95.0 Å². The number of hydrogen-bond acceptors (Lipinski definition) is 7. The minimum atomic E-state index is 0.614. The van der Waals surface area contributed by atoms with Crippen LogP contribution in [-0.4, -0.2) is 77.4 Å². The van der Waals surface area contributed by atoms with E-state index in [0.29, 0.717) is 44.5 Å². The quantitative estimate of drug-likeness (QED) is 0.312. The summed E-state index contributed by atoms with van der Waals surface area (Å²) in [6.45, 7) is 6.16. The van der Waals surface area contributed by atoms with E-state index in [1.165, 1.54) is 0 Å². The molecule has 1 aromatic heterocycles. The van der Waals surface area contributed by atoms with Crippen molar-refractivity contribution in [2.75, 3.05) is 52.6 Å². The summed E-state index contributed by atoms with van der Waals surface area (Å²) in [5, 5.41) is 0. The molecule has 3 heterocycles. The van der Waals surface area contributed by atoms with Crippen LogP contribution in [0.25, 0.3) is 11.1 Å². The van der Waals surface area contributed by atoms with E-state index in [-0.39, 0.29) is 0 Å². The Morgan fingerprint density at radius 3 is 1.41 bits per heavy atom. The highest BCUT2D eigenvalue weighted by atomic mass is 16.5. The van der Waals surface area contributed by atoms with Gasteiger partial charge in [0.25, 0.3) is 0 Å². The van der Waals surface area contributed by atoms with Crippen molar-refractivity contribution in [3.63, 3.8) is 0 Å². The first kappa shape index (κ1) is 26.9. The van der Waals surface area contributed by atoms with Gasteiger partial charge in [-0.2, -0.15) is 0 Å². The fraction of sp³-hybridized carbons (Fsp3) is 0.265. The Labute approximate surface area is 241 Å². The van der Waals surface area contributed by atoms with Crippen LogP contribution in [0.5, 0.6) is 0 Å². The van der Waals surface area contributed by atoms with E-state index in [9.17, 15) is 0 Å². The van der Waals surface area contributed by atoms with E-state index < -0.39 is 0 Å². The average molecular weight is 546 g/mol. The fourth-order valence-electron chi connectivity index (χ4n) is 5.05. The zero-order valence-electron chi connectivity index (χ0n) is 23.2. The molecule has 2 aliphatic rings. The summed E-state index contributed by atoms with van der Waals surface area (Å²) in [5.74, 6) is 2.08. The molecule has 0 saturated carbocycles. The lowest BCUT2D eigenvalue weighted by atomic mass is 10.0. The molecule has 4 aromatic rings. The predicted molar refractivity (Wildman–Crippen MR) is 161 cm³/mol. The van der Waals surface area contributed by atoms with Crippen molar-refractivity contribution in [3.8, 4) is 0 Å². The van der Waals surface area contributed by atoms with Gasteiger partial charge in [0, 0.05) is 56.1 Å². The van der Waals surface area contributed by atoms with Gasteiger partial charge in [-0.1, -0.05) is 91.0 Å². The number of morpholine rings is 2. The highest BCUT2D eigenvalue weighted by molar-refractivity contribution is 5.79. The lowest BCUT2D eigenvalue weighted by molar-refractivity contribution is 0.0596. The molecular formula is C34H35N5O2. The second kappa shape index (κ2) is 13.4. The first-order valence-corrected chi connectivity index (χ1v) is 14.3. The lowest BCUT2D eigenvalue weighted by Crippen LogP contribution is -2.32. The van der Waals surface area contributed by atoms with Crippen LogP contribution in [0.15, 0.2) is 103 Å². The number of hydrogen-bond donors (Lipinski definition) is 0. The van der Waals surface area contributed by atoms with Crippen molar-refractivity contribution in [1.82, 2.24) is 24.8 Å². The molecule has 2 saturated heterocycles. The topological polar surface area (TPSA) is 63.6 Å². The summed E-state index contributed by atoms with van der Waals surface area (Å²) in [6, 6.07) is 31.2. The van der Waals surface area contributed by atoms with Crippen molar-refractivity contribution in [2.24, 2.45) is 0 Å². The van der Waals surface area contributed by atoms with Crippen LogP contribution in [0.4, 0.5) is 0 Å². The van der Waals surface area contributed by atoms with Crippen molar-refractivity contribution < 1.29 is 9.47 Å². The molecule has 2 fully saturated rings. The van der Waals surface area contributed by atoms with Crippen LogP contribution in [0.2, 0.25) is 0 Å². The van der Waals surface area contributed by atoms with Crippen LogP contribution in [0.1, 0.15) is 34.2 Å². The smallest absolute Gasteiger partial charge is 0.165 e. The summed E-state index contributed by atoms with van der Waals surface area (Å²) in [5.41, 5.74) is 5.25. The molecule has 0 radical (unpaired) electrons. The largest absolute Gasteiger partial charge is 0.378 e. The molecule has 0 amide bonds. The number of aromatic nitrogens is 3. The molecule has 7 heteroatoms. The van der Waals surface area contributed by atoms with E-state index in [4.69, 9.17) is 24.4 Å². The molecule has 0 atom stereocenters. The predicted octanol–water partition coefficient (Wildman–Crippen LogP) is 4.91. The molecule has 41 heavy (non-hydrogen) atoms. The summed E-state index contributed by atoms with van der Waals surface area (Å²) in [4.78, 5) is 20.0. The van der Waals surface area contributed by atoms with Gasteiger partial charge in [0.05, 0.1) is 26.4 Å². The van der Waals surface area contributed by atoms with Crippen LogP contribution < -0.4 is 0 Å². The van der Waals surface area contributed by atoms with Gasteiger partial charge in [-0.15, -0.1) is 0 Å². The second-order valence-corrected chi connectivity index (χ2v) is 10.2. The number of rotatable bonds is 8. The third-order valence-corrected chi connectivity index (χ3v) is 7.25. The van der Waals surface area contributed by atoms with Gasteiger partial charge >= 0.3 is 0 Å². The Kier molecular flexibility index (Phi) is 8.75. The Morgan fingerprint density at radius 2 is 0.976 bits per heavy atom. The maximum Gasteiger partial charge on any atom is 0.165 e. The Hall–Kier alpha value is -4.33. The van der Waals surface area contributed by atoms with Gasteiger partial charge < -0.3 is 19.3 Å². The van der Waals surface area contributed by atoms with Crippen molar-refractivity contribution in [1.29, 1.82) is 0 Å². The van der Waals surface area contributed by atoms with Crippen LogP contribution in [0, 0.1) is 0 Å². The molecular weight excluding hydrogens is 510 g/mol. The third-order valence-electron chi connectivity index (χ3n) is 7.25. The van der Waals surface area contributed by atoms with E-state index in [1.807, 2.05) is 18.2 Å². The normalized spacial score (nSPS) is 16.6. The highest BCUT2D eigenvalue weighted by Gasteiger charge is 2.20. The fourth-order valence-corrected chi connectivity index (χ4v) is 5.05. The summed E-state index contributed by atoms with van der Waals surface area (Å²) in [6.07, 6.45) is 5.00. The van der Waals surface area contributed by atoms with Crippen molar-refractivity contribution in [3.05, 3.63) is 138 Å². The molecule has 0 bridgehead atoms. The maximum absolute atomic E-state index is 5.62. The molecule has 2 aliphatic heterocycles. The van der Waals surface area contributed by atoms with Crippen LogP contribution >= 0.6 is 0 Å². The van der Waals surface area contributed by atoms with Gasteiger partial charge in [-0.3, -0.25) is 0 Å². The number of nitrogens with zero attached hydrogens (tertiary/aromatic N) is 5. The second-order valence-electron chi connectivity index (χ2n) is 10.2. The van der Waals surface area contributed by atoms with Crippen LogP contribution in [0.3, 0.4) is 0 Å². The average Bonchev–Trinajstić information content (AvgIpc) is 3.04. The summed E-state index contributed by atoms with van der Waals surface area (Å²) < 4.78 is 11.2. The molecule has 3 aromatic carbocycles. The standard InChI is InChI=1S/C34H35N5O2/c1-4-10-27(11-5-1)24-32-35-33(30(28-12-6-2-7-13-28)25-38-16-20-40-21-17-38)37-34(36-32)31(29-14-8-3-9-15-29)26-39-18-22-41-23-19-39/h1-15,25-26H,16-24H2/b30-25+,31-26+. The maximum atomic E-state index is 5.62. The third kappa shape index (κ3) is 7.06. The minimum absolute atomic E-state index is 0.614. The monoisotopic (exact) mass is 545 g/mol.